The van der Waals surface area contributed by atoms with E-state index in [1.54, 1.807) is 36.4 Å². The molecule has 2 N–H and O–H groups in total. The Morgan fingerprint density at radius 2 is 1.72 bits per heavy atom. The molecule has 0 bridgehead atoms. The summed E-state index contributed by atoms with van der Waals surface area (Å²) in [7, 11) is 0. The topological polar surface area (TPSA) is 69.6 Å². The van der Waals surface area contributed by atoms with E-state index in [9.17, 15) is 9.59 Å². The number of nitrogens with zero attached hydrogens (tertiary/aromatic N) is 1. The van der Waals surface area contributed by atoms with Crippen molar-refractivity contribution in [2.45, 2.75) is 33.1 Å². The first kappa shape index (κ1) is 23.0. The van der Waals surface area contributed by atoms with Gasteiger partial charge in [-0.15, -0.1) is 0 Å². The van der Waals surface area contributed by atoms with Crippen molar-refractivity contribution in [3.05, 3.63) is 58.1 Å². The minimum Gasteiger partial charge on any atom is -0.481 e. The van der Waals surface area contributed by atoms with Crippen molar-refractivity contribution >= 4 is 46.5 Å². The minimum atomic E-state index is -0.755. The Labute approximate surface area is 181 Å². The smallest absolute Gasteiger partial charge is 0.303 e. The van der Waals surface area contributed by atoms with Crippen LogP contribution in [0.25, 0.3) is 0 Å². The summed E-state index contributed by atoms with van der Waals surface area (Å²) in [5.74, 6) is -0.827. The van der Waals surface area contributed by atoms with Crippen LogP contribution in [-0.4, -0.2) is 30.1 Å². The molecule has 156 valence electrons. The van der Waals surface area contributed by atoms with Crippen LogP contribution in [0.1, 0.15) is 43.5 Å². The highest BCUT2D eigenvalue weighted by Gasteiger charge is 2.23. The van der Waals surface area contributed by atoms with E-state index in [1.165, 1.54) is 0 Å². The summed E-state index contributed by atoms with van der Waals surface area (Å²) in [4.78, 5) is 25.6. The van der Waals surface area contributed by atoms with Crippen molar-refractivity contribution in [1.29, 1.82) is 0 Å². The number of nitrogens with one attached hydrogen (secondary N) is 1. The predicted molar refractivity (Wildman–Crippen MR) is 119 cm³/mol. The number of amides is 1. The highest BCUT2D eigenvalue weighted by molar-refractivity contribution is 6.31. The van der Waals surface area contributed by atoms with E-state index in [1.807, 2.05) is 19.9 Å². The van der Waals surface area contributed by atoms with Crippen LogP contribution in [0.15, 0.2) is 42.5 Å². The summed E-state index contributed by atoms with van der Waals surface area (Å²) in [6.45, 7) is 5.47. The molecule has 1 heterocycles. The number of aliphatic carboxylic acids is 1. The number of piperidine rings is 1. The standard InChI is InChI=1S/C20H20Cl2N2O3.C2H6/c21-15-3-1-2-14(11-15)20(27)23-17-12-16(22)4-5-18(17)24-8-6-13(7-9-24)10-19(25)26;1-2/h1-5,11-13H,6-10H2,(H,23,27)(H,25,26);1-2H3. The number of halogens is 2. The number of benzene rings is 2. The van der Waals surface area contributed by atoms with E-state index in [0.29, 0.717) is 21.3 Å². The Hall–Kier alpha value is -2.24. The van der Waals surface area contributed by atoms with Crippen LogP contribution < -0.4 is 10.2 Å². The molecule has 1 aliphatic heterocycles. The number of hydrogen-bond donors (Lipinski definition) is 2. The molecule has 7 heteroatoms. The van der Waals surface area contributed by atoms with Crippen LogP contribution in [0.5, 0.6) is 0 Å². The lowest BCUT2D eigenvalue weighted by atomic mass is 9.93. The van der Waals surface area contributed by atoms with E-state index in [-0.39, 0.29) is 18.2 Å². The summed E-state index contributed by atoms with van der Waals surface area (Å²) >= 11 is 12.1. The fourth-order valence-electron chi connectivity index (χ4n) is 3.33. The number of carbonyl (C=O) groups excluding carboxylic acids is 1. The first-order chi connectivity index (χ1) is 13.9. The first-order valence-electron chi connectivity index (χ1n) is 9.75. The van der Waals surface area contributed by atoms with E-state index in [0.717, 1.165) is 31.6 Å². The molecule has 1 aliphatic rings. The van der Waals surface area contributed by atoms with Crippen LogP contribution in [0.3, 0.4) is 0 Å². The number of rotatable bonds is 5. The molecule has 1 amide bonds. The summed E-state index contributed by atoms with van der Waals surface area (Å²) in [6.07, 6.45) is 1.81. The zero-order valence-electron chi connectivity index (χ0n) is 16.6. The normalized spacial score (nSPS) is 14.0. The second kappa shape index (κ2) is 11.1. The maximum atomic E-state index is 12.6. The maximum absolute atomic E-state index is 12.6. The molecule has 0 spiro atoms. The Morgan fingerprint density at radius 1 is 1.07 bits per heavy atom. The first-order valence-corrected chi connectivity index (χ1v) is 10.5. The van der Waals surface area contributed by atoms with Crippen LogP contribution in [0.4, 0.5) is 11.4 Å². The molecule has 0 atom stereocenters. The molecule has 2 aromatic carbocycles. The Balaban J connectivity index is 0.00000145. The summed E-state index contributed by atoms with van der Waals surface area (Å²) < 4.78 is 0. The molecule has 29 heavy (non-hydrogen) atoms. The van der Waals surface area contributed by atoms with Gasteiger partial charge in [-0.25, -0.2) is 0 Å². The molecule has 3 rings (SSSR count). The van der Waals surface area contributed by atoms with Crippen molar-refractivity contribution in [3.8, 4) is 0 Å². The second-order valence-corrected chi connectivity index (χ2v) is 7.53. The van der Waals surface area contributed by atoms with Gasteiger partial charge in [0.2, 0.25) is 0 Å². The molecule has 0 aromatic heterocycles. The van der Waals surface area contributed by atoms with E-state index >= 15 is 0 Å². The van der Waals surface area contributed by atoms with Crippen LogP contribution in [0.2, 0.25) is 10.0 Å². The van der Waals surface area contributed by atoms with Crippen molar-refractivity contribution < 1.29 is 14.7 Å². The van der Waals surface area contributed by atoms with Gasteiger partial charge in [0.1, 0.15) is 0 Å². The molecule has 1 saturated heterocycles. The molecule has 2 aromatic rings. The Kier molecular flexibility index (Phi) is 8.80. The lowest BCUT2D eigenvalue weighted by molar-refractivity contribution is -0.138. The highest BCUT2D eigenvalue weighted by atomic mass is 35.5. The van der Waals surface area contributed by atoms with Crippen LogP contribution in [-0.2, 0) is 4.79 Å². The molecule has 1 fully saturated rings. The number of hydrogen-bond acceptors (Lipinski definition) is 3. The number of carbonyl (C=O) groups is 2. The minimum absolute atomic E-state index is 0.190. The van der Waals surface area contributed by atoms with Crippen LogP contribution in [0, 0.1) is 5.92 Å². The molecular formula is C22H26Cl2N2O3. The Bertz CT molecular complexity index is 850. The summed E-state index contributed by atoms with van der Waals surface area (Å²) in [5.41, 5.74) is 1.97. The second-order valence-electron chi connectivity index (χ2n) is 6.65. The predicted octanol–water partition coefficient (Wildman–Crippen LogP) is 5.96. The third kappa shape index (κ3) is 6.65. The lowest BCUT2D eigenvalue weighted by Crippen LogP contribution is -2.35. The monoisotopic (exact) mass is 436 g/mol. The van der Waals surface area contributed by atoms with E-state index in [2.05, 4.69) is 10.2 Å². The fraction of sp³-hybridized carbons (Fsp3) is 0.364. The van der Waals surface area contributed by atoms with Crippen molar-refractivity contribution in [1.82, 2.24) is 0 Å². The maximum Gasteiger partial charge on any atom is 0.303 e. The quantitative estimate of drug-likeness (QED) is 0.605. The largest absolute Gasteiger partial charge is 0.481 e. The van der Waals surface area contributed by atoms with Crippen LogP contribution >= 0.6 is 23.2 Å². The number of carboxylic acid groups (broad SMARTS) is 1. The number of carboxylic acids is 1. The van der Waals surface area contributed by atoms with E-state index < -0.39 is 5.97 Å². The van der Waals surface area contributed by atoms with Gasteiger partial charge in [0, 0.05) is 35.1 Å². The molecule has 0 radical (unpaired) electrons. The molecule has 0 saturated carbocycles. The SMILES string of the molecule is CC.O=C(O)CC1CCN(c2ccc(Cl)cc2NC(=O)c2cccc(Cl)c2)CC1. The third-order valence-electron chi connectivity index (χ3n) is 4.71. The summed E-state index contributed by atoms with van der Waals surface area (Å²) in [5, 5.41) is 12.9. The van der Waals surface area contributed by atoms with Gasteiger partial charge in [-0.05, 0) is 55.2 Å². The lowest BCUT2D eigenvalue weighted by Gasteiger charge is -2.34. The van der Waals surface area contributed by atoms with Gasteiger partial charge in [0.05, 0.1) is 11.4 Å². The van der Waals surface area contributed by atoms with Gasteiger partial charge in [-0.3, -0.25) is 9.59 Å². The third-order valence-corrected chi connectivity index (χ3v) is 5.18. The van der Waals surface area contributed by atoms with Crippen molar-refractivity contribution in [3.63, 3.8) is 0 Å². The van der Waals surface area contributed by atoms with E-state index in [4.69, 9.17) is 28.3 Å². The van der Waals surface area contributed by atoms with Gasteiger partial charge < -0.3 is 15.3 Å². The van der Waals surface area contributed by atoms with Gasteiger partial charge in [0.15, 0.2) is 0 Å². The molecule has 0 unspecified atom stereocenters. The zero-order valence-corrected chi connectivity index (χ0v) is 18.1. The highest BCUT2D eigenvalue weighted by Crippen LogP contribution is 2.33. The molecular weight excluding hydrogens is 411 g/mol. The molecule has 5 nitrogen and oxygen atoms in total. The van der Waals surface area contributed by atoms with Gasteiger partial charge in [-0.2, -0.15) is 0 Å². The zero-order chi connectivity index (χ0) is 21.4. The fourth-order valence-corrected chi connectivity index (χ4v) is 3.70. The number of anilines is 2. The average molecular weight is 437 g/mol. The van der Waals surface area contributed by atoms with Gasteiger partial charge in [0.25, 0.3) is 5.91 Å². The van der Waals surface area contributed by atoms with Gasteiger partial charge in [-0.1, -0.05) is 43.1 Å². The Morgan fingerprint density at radius 3 is 2.34 bits per heavy atom. The molecule has 0 aliphatic carbocycles. The average Bonchev–Trinajstić information content (AvgIpc) is 2.70. The summed E-state index contributed by atoms with van der Waals surface area (Å²) in [6, 6.07) is 12.1. The van der Waals surface area contributed by atoms with Crippen molar-refractivity contribution in [2.75, 3.05) is 23.3 Å². The van der Waals surface area contributed by atoms with Gasteiger partial charge >= 0.3 is 5.97 Å². The van der Waals surface area contributed by atoms with Crippen molar-refractivity contribution in [2.24, 2.45) is 5.92 Å².